The number of carbonyl (C=O) groups is 1. The number of amides is 1. The Morgan fingerprint density at radius 2 is 1.88 bits per heavy atom. The van der Waals surface area contributed by atoms with Crippen molar-refractivity contribution >= 4 is 28.9 Å². The van der Waals surface area contributed by atoms with Gasteiger partial charge in [0, 0.05) is 5.69 Å². The van der Waals surface area contributed by atoms with Crippen molar-refractivity contribution in [3.05, 3.63) is 53.6 Å². The van der Waals surface area contributed by atoms with Gasteiger partial charge in [0.05, 0.1) is 0 Å². The fourth-order valence-electron chi connectivity index (χ4n) is 2.37. The predicted molar refractivity (Wildman–Crippen MR) is 99.8 cm³/mol. The van der Waals surface area contributed by atoms with Crippen LogP contribution in [0.3, 0.4) is 0 Å². The van der Waals surface area contributed by atoms with Crippen molar-refractivity contribution in [1.82, 2.24) is 10.9 Å². The third kappa shape index (κ3) is 4.19. The first-order valence-corrected chi connectivity index (χ1v) is 8.26. The van der Waals surface area contributed by atoms with Crippen LogP contribution in [0.4, 0.5) is 5.69 Å². The Morgan fingerprint density at radius 3 is 2.68 bits per heavy atom. The van der Waals surface area contributed by atoms with Crippen LogP contribution in [0.15, 0.2) is 42.5 Å². The summed E-state index contributed by atoms with van der Waals surface area (Å²) in [5, 5.41) is 3.35. The first kappa shape index (κ1) is 17.0. The van der Waals surface area contributed by atoms with Crippen LogP contribution in [0, 0.1) is 13.8 Å². The summed E-state index contributed by atoms with van der Waals surface area (Å²) in [6.45, 7) is 4.12. The first-order valence-electron chi connectivity index (χ1n) is 7.85. The lowest BCUT2D eigenvalue weighted by Gasteiger charge is -2.25. The van der Waals surface area contributed by atoms with E-state index in [1.807, 2.05) is 44.2 Å². The summed E-state index contributed by atoms with van der Waals surface area (Å²) in [5.74, 6) is 0.816. The number of anilines is 1. The van der Waals surface area contributed by atoms with Crippen LogP contribution in [0.1, 0.15) is 11.1 Å². The van der Waals surface area contributed by atoms with E-state index in [9.17, 15) is 4.79 Å². The third-order valence-electron chi connectivity index (χ3n) is 3.74. The predicted octanol–water partition coefficient (Wildman–Crippen LogP) is 2.46. The van der Waals surface area contributed by atoms with Gasteiger partial charge in [0.15, 0.2) is 16.6 Å². The molecule has 1 amide bonds. The summed E-state index contributed by atoms with van der Waals surface area (Å²) in [6.07, 6.45) is -0.745. The van der Waals surface area contributed by atoms with Crippen LogP contribution in [-0.2, 0) is 4.79 Å². The molecule has 0 bridgehead atoms. The highest BCUT2D eigenvalue weighted by Gasteiger charge is 2.27. The van der Waals surface area contributed by atoms with E-state index in [2.05, 4.69) is 16.2 Å². The van der Waals surface area contributed by atoms with Gasteiger partial charge in [-0.1, -0.05) is 24.3 Å². The molecule has 6 nitrogen and oxygen atoms in total. The third-order valence-corrected chi connectivity index (χ3v) is 3.95. The molecule has 130 valence electrons. The normalized spacial score (nSPS) is 15.2. The van der Waals surface area contributed by atoms with Crippen molar-refractivity contribution in [3.8, 4) is 11.5 Å². The maximum atomic E-state index is 12.2. The second-order valence-corrected chi connectivity index (χ2v) is 6.16. The van der Waals surface area contributed by atoms with Gasteiger partial charge in [-0.3, -0.25) is 15.6 Å². The van der Waals surface area contributed by atoms with E-state index in [-0.39, 0.29) is 12.5 Å². The van der Waals surface area contributed by atoms with Crippen LogP contribution >= 0.6 is 12.2 Å². The maximum absolute atomic E-state index is 12.2. The van der Waals surface area contributed by atoms with Gasteiger partial charge < -0.3 is 14.8 Å². The first-order chi connectivity index (χ1) is 12.0. The number of para-hydroxylation sites is 2. The SMILES string of the molecule is Cc1ccc(C)c(NC(=S)NNC(=O)C2COc3ccccc3O2)c1. The highest BCUT2D eigenvalue weighted by Crippen LogP contribution is 2.30. The number of nitrogens with one attached hydrogen (secondary N) is 3. The summed E-state index contributed by atoms with van der Waals surface area (Å²) >= 11 is 5.21. The molecule has 0 radical (unpaired) electrons. The molecule has 2 aromatic carbocycles. The summed E-state index contributed by atoms with van der Waals surface area (Å²) in [4.78, 5) is 12.2. The van der Waals surface area contributed by atoms with Crippen LogP contribution in [0.25, 0.3) is 0 Å². The van der Waals surface area contributed by atoms with E-state index >= 15 is 0 Å². The van der Waals surface area contributed by atoms with Crippen LogP contribution < -0.4 is 25.6 Å². The standard InChI is InChI=1S/C18H19N3O3S/c1-11-7-8-12(2)13(9-11)19-18(25)21-20-17(22)16-10-23-14-5-3-4-6-15(14)24-16/h3-9,16H,10H2,1-2H3,(H,20,22)(H2,19,21,25). The lowest BCUT2D eigenvalue weighted by Crippen LogP contribution is -2.51. The van der Waals surface area contributed by atoms with E-state index in [1.54, 1.807) is 12.1 Å². The molecule has 25 heavy (non-hydrogen) atoms. The number of ether oxygens (including phenoxy) is 2. The Morgan fingerprint density at radius 1 is 1.12 bits per heavy atom. The molecule has 7 heteroatoms. The van der Waals surface area contributed by atoms with E-state index in [0.29, 0.717) is 16.6 Å². The number of aryl methyl sites for hydroxylation is 2. The molecular formula is C18H19N3O3S. The highest BCUT2D eigenvalue weighted by molar-refractivity contribution is 7.80. The van der Waals surface area contributed by atoms with Crippen molar-refractivity contribution in [3.63, 3.8) is 0 Å². The maximum Gasteiger partial charge on any atom is 0.283 e. The van der Waals surface area contributed by atoms with Gasteiger partial charge in [0.2, 0.25) is 6.10 Å². The van der Waals surface area contributed by atoms with E-state index < -0.39 is 6.10 Å². The minimum absolute atomic E-state index is 0.141. The van der Waals surface area contributed by atoms with E-state index in [0.717, 1.165) is 16.8 Å². The zero-order valence-electron chi connectivity index (χ0n) is 14.0. The number of hydrogen-bond acceptors (Lipinski definition) is 4. The van der Waals surface area contributed by atoms with E-state index in [4.69, 9.17) is 21.7 Å². The van der Waals surface area contributed by atoms with Crippen molar-refractivity contribution in [1.29, 1.82) is 0 Å². The Kier molecular flexibility index (Phi) is 5.04. The van der Waals surface area contributed by atoms with Gasteiger partial charge in [0.1, 0.15) is 6.61 Å². The molecule has 3 rings (SSSR count). The zero-order chi connectivity index (χ0) is 17.8. The molecule has 0 saturated carbocycles. The second-order valence-electron chi connectivity index (χ2n) is 5.75. The topological polar surface area (TPSA) is 71.6 Å². The molecule has 1 atom stereocenters. The number of hydrazine groups is 1. The highest BCUT2D eigenvalue weighted by atomic mass is 32.1. The lowest BCUT2D eigenvalue weighted by molar-refractivity contribution is -0.130. The van der Waals surface area contributed by atoms with Crippen molar-refractivity contribution in [2.75, 3.05) is 11.9 Å². The lowest BCUT2D eigenvalue weighted by atomic mass is 10.1. The minimum atomic E-state index is -0.745. The Balaban J connectivity index is 1.52. The van der Waals surface area contributed by atoms with Crippen LogP contribution in [0.5, 0.6) is 11.5 Å². The summed E-state index contributed by atoms with van der Waals surface area (Å²) in [6, 6.07) is 13.2. The van der Waals surface area contributed by atoms with Crippen molar-refractivity contribution in [2.24, 2.45) is 0 Å². The van der Waals surface area contributed by atoms with Gasteiger partial charge in [0.25, 0.3) is 5.91 Å². The van der Waals surface area contributed by atoms with Crippen LogP contribution in [-0.4, -0.2) is 23.7 Å². The molecule has 1 unspecified atom stereocenters. The van der Waals surface area contributed by atoms with Crippen molar-refractivity contribution < 1.29 is 14.3 Å². The van der Waals surface area contributed by atoms with Gasteiger partial charge in [-0.2, -0.15) is 0 Å². The molecule has 0 saturated heterocycles. The fraction of sp³-hybridized carbons (Fsp3) is 0.222. The number of hydrogen-bond donors (Lipinski definition) is 3. The molecule has 0 aliphatic carbocycles. The molecule has 0 spiro atoms. The Bertz CT molecular complexity index is 810. The second kappa shape index (κ2) is 7.40. The number of benzene rings is 2. The molecule has 1 aliphatic heterocycles. The average molecular weight is 357 g/mol. The molecular weight excluding hydrogens is 338 g/mol. The quantitative estimate of drug-likeness (QED) is 0.567. The summed E-state index contributed by atoms with van der Waals surface area (Å²) in [5.41, 5.74) is 8.28. The van der Waals surface area contributed by atoms with Crippen molar-refractivity contribution in [2.45, 2.75) is 20.0 Å². The van der Waals surface area contributed by atoms with Gasteiger partial charge >= 0.3 is 0 Å². The van der Waals surface area contributed by atoms with E-state index in [1.165, 1.54) is 0 Å². The zero-order valence-corrected chi connectivity index (χ0v) is 14.8. The monoisotopic (exact) mass is 357 g/mol. The molecule has 0 fully saturated rings. The molecule has 1 heterocycles. The van der Waals surface area contributed by atoms with Gasteiger partial charge in [-0.05, 0) is 55.4 Å². The fourth-order valence-corrected chi connectivity index (χ4v) is 2.53. The summed E-state index contributed by atoms with van der Waals surface area (Å²) < 4.78 is 11.2. The van der Waals surface area contributed by atoms with Gasteiger partial charge in [-0.25, -0.2) is 0 Å². The molecule has 2 aromatic rings. The Labute approximate surface area is 151 Å². The molecule has 3 N–H and O–H groups in total. The number of fused-ring (bicyclic) bond motifs is 1. The largest absolute Gasteiger partial charge is 0.485 e. The molecule has 0 aromatic heterocycles. The molecule has 1 aliphatic rings. The number of carbonyl (C=O) groups excluding carboxylic acids is 1. The average Bonchev–Trinajstić information content (AvgIpc) is 2.62. The Hall–Kier alpha value is -2.80. The number of thiocarbonyl (C=S) groups is 1. The minimum Gasteiger partial charge on any atom is -0.485 e. The number of rotatable bonds is 2. The smallest absolute Gasteiger partial charge is 0.283 e. The van der Waals surface area contributed by atoms with Gasteiger partial charge in [-0.15, -0.1) is 0 Å². The van der Waals surface area contributed by atoms with Crippen LogP contribution in [0.2, 0.25) is 0 Å². The summed E-state index contributed by atoms with van der Waals surface area (Å²) in [7, 11) is 0.